The number of hydrogen-bond acceptors (Lipinski definition) is 2. The SMILES string of the molecule is C#CCOCn1c(Br)nc(Br)c1Br. The van der Waals surface area contributed by atoms with Crippen molar-refractivity contribution in [2.75, 3.05) is 6.61 Å². The molecule has 0 bridgehead atoms. The van der Waals surface area contributed by atoms with Gasteiger partial charge in [-0.3, -0.25) is 4.57 Å². The van der Waals surface area contributed by atoms with Crippen LogP contribution in [0.1, 0.15) is 0 Å². The standard InChI is InChI=1S/C7H5Br3N2O/c1-2-3-13-4-12-6(9)5(8)11-7(12)10/h1H,3-4H2. The summed E-state index contributed by atoms with van der Waals surface area (Å²) in [4.78, 5) is 4.11. The first-order valence-corrected chi connectivity index (χ1v) is 5.63. The number of nitrogens with zero attached hydrogens (tertiary/aromatic N) is 2. The third kappa shape index (κ3) is 2.81. The Bertz CT molecular complexity index is 342. The van der Waals surface area contributed by atoms with E-state index in [4.69, 9.17) is 11.2 Å². The lowest BCUT2D eigenvalue weighted by Crippen LogP contribution is -2.03. The van der Waals surface area contributed by atoms with Gasteiger partial charge in [-0.1, -0.05) is 5.92 Å². The number of aromatic nitrogens is 2. The van der Waals surface area contributed by atoms with E-state index in [9.17, 15) is 0 Å². The first-order chi connectivity index (χ1) is 6.16. The molecule has 70 valence electrons. The fourth-order valence-electron chi connectivity index (χ4n) is 0.686. The van der Waals surface area contributed by atoms with Crippen molar-refractivity contribution in [2.24, 2.45) is 0 Å². The highest BCUT2D eigenvalue weighted by atomic mass is 79.9. The van der Waals surface area contributed by atoms with Gasteiger partial charge < -0.3 is 4.74 Å². The average molecular weight is 373 g/mol. The summed E-state index contributed by atoms with van der Waals surface area (Å²) in [5, 5.41) is 0. The van der Waals surface area contributed by atoms with E-state index in [0.29, 0.717) is 11.5 Å². The molecule has 0 radical (unpaired) electrons. The van der Waals surface area contributed by atoms with Gasteiger partial charge in [-0.2, -0.15) is 0 Å². The van der Waals surface area contributed by atoms with Crippen LogP contribution in [0.15, 0.2) is 13.9 Å². The fourth-order valence-corrected chi connectivity index (χ4v) is 2.36. The lowest BCUT2D eigenvalue weighted by Gasteiger charge is -2.04. The number of terminal acetylenes is 1. The van der Waals surface area contributed by atoms with Crippen LogP contribution in [0.4, 0.5) is 0 Å². The summed E-state index contributed by atoms with van der Waals surface area (Å²) in [6.45, 7) is 0.651. The quantitative estimate of drug-likeness (QED) is 0.602. The second kappa shape index (κ2) is 5.15. The van der Waals surface area contributed by atoms with E-state index >= 15 is 0 Å². The third-order valence-electron chi connectivity index (χ3n) is 1.23. The summed E-state index contributed by atoms with van der Waals surface area (Å²) in [5.41, 5.74) is 0. The van der Waals surface area contributed by atoms with E-state index < -0.39 is 0 Å². The summed E-state index contributed by atoms with van der Waals surface area (Å²) < 4.78 is 9.17. The maximum absolute atomic E-state index is 5.15. The third-order valence-corrected chi connectivity index (χ3v) is 3.72. The smallest absolute Gasteiger partial charge is 0.181 e. The highest BCUT2D eigenvalue weighted by Crippen LogP contribution is 2.26. The number of halogens is 3. The first kappa shape index (κ1) is 11.2. The van der Waals surface area contributed by atoms with E-state index in [-0.39, 0.29) is 6.61 Å². The Kier molecular flexibility index (Phi) is 4.46. The van der Waals surface area contributed by atoms with Crippen LogP contribution in [0.25, 0.3) is 0 Å². The van der Waals surface area contributed by atoms with Gasteiger partial charge in [-0.15, -0.1) is 6.42 Å². The zero-order valence-electron chi connectivity index (χ0n) is 6.43. The van der Waals surface area contributed by atoms with Crippen LogP contribution in [0.2, 0.25) is 0 Å². The number of hydrogen-bond donors (Lipinski definition) is 0. The van der Waals surface area contributed by atoms with E-state index in [0.717, 1.165) is 9.21 Å². The molecule has 0 N–H and O–H groups in total. The molecule has 0 unspecified atom stereocenters. The van der Waals surface area contributed by atoms with Gasteiger partial charge in [-0.25, -0.2) is 4.98 Å². The Morgan fingerprint density at radius 2 is 2.15 bits per heavy atom. The van der Waals surface area contributed by atoms with Crippen molar-refractivity contribution in [1.82, 2.24) is 9.55 Å². The Morgan fingerprint density at radius 3 is 2.62 bits per heavy atom. The Morgan fingerprint density at radius 1 is 1.46 bits per heavy atom. The molecule has 13 heavy (non-hydrogen) atoms. The van der Waals surface area contributed by atoms with Gasteiger partial charge in [0.25, 0.3) is 0 Å². The Balaban J connectivity index is 2.71. The highest BCUT2D eigenvalue weighted by molar-refractivity contribution is 9.13. The molecule has 0 spiro atoms. The molecule has 0 fully saturated rings. The van der Waals surface area contributed by atoms with Crippen molar-refractivity contribution >= 4 is 47.8 Å². The van der Waals surface area contributed by atoms with Crippen LogP contribution in [-0.4, -0.2) is 16.2 Å². The maximum Gasteiger partial charge on any atom is 0.181 e. The van der Waals surface area contributed by atoms with Crippen LogP contribution in [0.3, 0.4) is 0 Å². The summed E-state index contributed by atoms with van der Waals surface area (Å²) in [5.74, 6) is 2.39. The molecule has 0 atom stereocenters. The minimum atomic E-state index is 0.286. The monoisotopic (exact) mass is 370 g/mol. The molecule has 6 heteroatoms. The summed E-state index contributed by atoms with van der Waals surface area (Å²) >= 11 is 9.90. The van der Waals surface area contributed by atoms with Gasteiger partial charge in [0, 0.05) is 0 Å². The van der Waals surface area contributed by atoms with Crippen molar-refractivity contribution in [2.45, 2.75) is 6.73 Å². The highest BCUT2D eigenvalue weighted by Gasteiger charge is 2.10. The van der Waals surface area contributed by atoms with Crippen molar-refractivity contribution in [1.29, 1.82) is 0 Å². The Hall–Kier alpha value is 0.170. The predicted molar refractivity (Wildman–Crippen MR) is 60.1 cm³/mol. The van der Waals surface area contributed by atoms with Gasteiger partial charge in [0.05, 0.1) is 0 Å². The zero-order valence-corrected chi connectivity index (χ0v) is 11.2. The normalized spacial score (nSPS) is 10.0. The van der Waals surface area contributed by atoms with Crippen molar-refractivity contribution in [3.63, 3.8) is 0 Å². The summed E-state index contributed by atoms with van der Waals surface area (Å²) in [7, 11) is 0. The second-order valence-corrected chi connectivity index (χ2v) is 4.28. The molecule has 0 aromatic carbocycles. The molecule has 0 aliphatic heterocycles. The number of ether oxygens (including phenoxy) is 1. The molecule has 0 saturated carbocycles. The molecular formula is C7H5Br3N2O. The van der Waals surface area contributed by atoms with Gasteiger partial charge >= 0.3 is 0 Å². The molecule has 1 heterocycles. The van der Waals surface area contributed by atoms with Crippen molar-refractivity contribution in [3.05, 3.63) is 13.9 Å². The number of rotatable bonds is 3. The molecule has 0 aliphatic carbocycles. The number of imidazole rings is 1. The van der Waals surface area contributed by atoms with Crippen LogP contribution in [-0.2, 0) is 11.5 Å². The molecule has 1 aromatic heterocycles. The topological polar surface area (TPSA) is 27.1 Å². The van der Waals surface area contributed by atoms with E-state index in [1.54, 1.807) is 4.57 Å². The van der Waals surface area contributed by atoms with Crippen molar-refractivity contribution in [3.8, 4) is 12.3 Å². The summed E-state index contributed by atoms with van der Waals surface area (Å²) in [6.07, 6.45) is 5.04. The average Bonchev–Trinajstić information content (AvgIpc) is 2.32. The first-order valence-electron chi connectivity index (χ1n) is 3.25. The van der Waals surface area contributed by atoms with Crippen LogP contribution >= 0.6 is 47.8 Å². The van der Waals surface area contributed by atoms with Crippen molar-refractivity contribution < 1.29 is 4.74 Å². The minimum absolute atomic E-state index is 0.286. The molecule has 0 amide bonds. The van der Waals surface area contributed by atoms with E-state index in [1.165, 1.54) is 0 Å². The van der Waals surface area contributed by atoms with E-state index in [2.05, 4.69) is 58.7 Å². The van der Waals surface area contributed by atoms with Gasteiger partial charge in [0.15, 0.2) is 4.73 Å². The largest absolute Gasteiger partial charge is 0.348 e. The van der Waals surface area contributed by atoms with Crippen LogP contribution in [0, 0.1) is 12.3 Å². The molecule has 1 aromatic rings. The van der Waals surface area contributed by atoms with Gasteiger partial charge in [0.2, 0.25) is 0 Å². The Labute approximate surface area is 101 Å². The lowest BCUT2D eigenvalue weighted by atomic mass is 10.7. The predicted octanol–water partition coefficient (Wildman–Crippen LogP) is 2.78. The molecule has 3 nitrogen and oxygen atoms in total. The molecule has 0 saturated heterocycles. The zero-order chi connectivity index (χ0) is 9.84. The van der Waals surface area contributed by atoms with Gasteiger partial charge in [-0.05, 0) is 47.8 Å². The maximum atomic E-state index is 5.15. The molecule has 1 rings (SSSR count). The minimum Gasteiger partial charge on any atom is -0.348 e. The second-order valence-electron chi connectivity index (χ2n) is 2.07. The van der Waals surface area contributed by atoms with E-state index in [1.807, 2.05) is 0 Å². The van der Waals surface area contributed by atoms with Crippen LogP contribution in [0.5, 0.6) is 0 Å². The van der Waals surface area contributed by atoms with Crippen LogP contribution < -0.4 is 0 Å². The molecule has 0 aliphatic rings. The van der Waals surface area contributed by atoms with Gasteiger partial charge in [0.1, 0.15) is 22.5 Å². The fraction of sp³-hybridized carbons (Fsp3) is 0.286. The lowest BCUT2D eigenvalue weighted by molar-refractivity contribution is 0.101. The summed E-state index contributed by atoms with van der Waals surface area (Å²) in [6, 6.07) is 0. The molecular weight excluding hydrogens is 368 g/mol.